The van der Waals surface area contributed by atoms with E-state index in [1.54, 1.807) is 12.1 Å². The maximum atomic E-state index is 10.5. The molecule has 0 amide bonds. The van der Waals surface area contributed by atoms with Gasteiger partial charge in [-0.15, -0.1) is 0 Å². The zero-order valence-corrected chi connectivity index (χ0v) is 11.2. The highest BCUT2D eigenvalue weighted by atomic mass is 16.6. The number of nitro benzene ring substituents is 1. The van der Waals surface area contributed by atoms with Gasteiger partial charge in [-0.05, 0) is 38.3 Å². The largest absolute Gasteiger partial charge is 0.317 e. The summed E-state index contributed by atoms with van der Waals surface area (Å²) in [5, 5.41) is 13.8. The van der Waals surface area contributed by atoms with E-state index in [2.05, 4.69) is 12.2 Å². The fourth-order valence-corrected chi connectivity index (χ4v) is 2.12. The molecule has 1 aromatic rings. The van der Waals surface area contributed by atoms with Gasteiger partial charge in [-0.2, -0.15) is 0 Å². The molecule has 0 saturated heterocycles. The molecule has 1 N–H and O–H groups in total. The predicted octanol–water partition coefficient (Wildman–Crippen LogP) is 3.31. The van der Waals surface area contributed by atoms with E-state index < -0.39 is 0 Å². The molecule has 0 aliphatic rings. The van der Waals surface area contributed by atoms with Crippen LogP contribution in [0, 0.1) is 10.1 Å². The molecule has 0 aliphatic heterocycles. The molecule has 0 saturated carbocycles. The molecule has 4 nitrogen and oxygen atoms in total. The van der Waals surface area contributed by atoms with Crippen LogP contribution in [0.5, 0.6) is 0 Å². The maximum absolute atomic E-state index is 10.5. The summed E-state index contributed by atoms with van der Waals surface area (Å²) >= 11 is 0. The van der Waals surface area contributed by atoms with E-state index in [4.69, 9.17) is 0 Å². The fourth-order valence-electron chi connectivity index (χ4n) is 2.12. The minimum Gasteiger partial charge on any atom is -0.317 e. The first kappa shape index (κ1) is 14.6. The van der Waals surface area contributed by atoms with Gasteiger partial charge in [0, 0.05) is 18.2 Å². The lowest BCUT2D eigenvalue weighted by atomic mass is 10.0. The minimum absolute atomic E-state index is 0.165. The average molecular weight is 250 g/mol. The summed E-state index contributed by atoms with van der Waals surface area (Å²) in [5.41, 5.74) is 1.34. The van der Waals surface area contributed by atoms with E-state index in [-0.39, 0.29) is 10.6 Å². The molecule has 0 radical (unpaired) electrons. The molecule has 100 valence electrons. The molecule has 0 aliphatic carbocycles. The van der Waals surface area contributed by atoms with E-state index in [9.17, 15) is 10.1 Å². The van der Waals surface area contributed by atoms with Crippen LogP contribution < -0.4 is 5.32 Å². The highest BCUT2D eigenvalue weighted by molar-refractivity contribution is 5.32. The van der Waals surface area contributed by atoms with Crippen molar-refractivity contribution >= 4 is 5.69 Å². The summed E-state index contributed by atoms with van der Waals surface area (Å²) in [6.07, 6.45) is 5.66. The summed E-state index contributed by atoms with van der Waals surface area (Å²) < 4.78 is 0. The molecule has 0 fully saturated rings. The third kappa shape index (κ3) is 4.84. The standard InChI is InChI=1S/C14H22N2O2/c1-3-5-13(15-2)7-4-6-12-8-10-14(11-9-12)16(17)18/h8-11,13,15H,3-7H2,1-2H3. The topological polar surface area (TPSA) is 55.2 Å². The van der Waals surface area contributed by atoms with E-state index in [0.29, 0.717) is 6.04 Å². The smallest absolute Gasteiger partial charge is 0.269 e. The number of aryl methyl sites for hydroxylation is 1. The molecule has 0 heterocycles. The predicted molar refractivity (Wildman–Crippen MR) is 73.8 cm³/mol. The number of nitrogens with zero attached hydrogens (tertiary/aromatic N) is 1. The highest BCUT2D eigenvalue weighted by Gasteiger charge is 2.06. The monoisotopic (exact) mass is 250 g/mol. The van der Waals surface area contributed by atoms with Crippen molar-refractivity contribution in [3.8, 4) is 0 Å². The third-order valence-corrected chi connectivity index (χ3v) is 3.21. The van der Waals surface area contributed by atoms with E-state index in [0.717, 1.165) is 19.3 Å². The van der Waals surface area contributed by atoms with Crippen LogP contribution in [-0.2, 0) is 6.42 Å². The summed E-state index contributed by atoms with van der Waals surface area (Å²) in [6, 6.07) is 7.46. The second kappa shape index (κ2) is 7.82. The van der Waals surface area contributed by atoms with Crippen LogP contribution in [-0.4, -0.2) is 18.0 Å². The van der Waals surface area contributed by atoms with Crippen molar-refractivity contribution in [1.82, 2.24) is 5.32 Å². The molecule has 0 aromatic heterocycles. The molecule has 1 unspecified atom stereocenters. The summed E-state index contributed by atoms with van der Waals surface area (Å²) in [5.74, 6) is 0. The number of rotatable bonds is 8. The van der Waals surface area contributed by atoms with Crippen molar-refractivity contribution in [2.75, 3.05) is 7.05 Å². The lowest BCUT2D eigenvalue weighted by molar-refractivity contribution is -0.384. The van der Waals surface area contributed by atoms with Gasteiger partial charge in [-0.1, -0.05) is 25.5 Å². The number of benzene rings is 1. The molecule has 18 heavy (non-hydrogen) atoms. The van der Waals surface area contributed by atoms with Gasteiger partial charge in [-0.3, -0.25) is 10.1 Å². The van der Waals surface area contributed by atoms with Gasteiger partial charge < -0.3 is 5.32 Å². The highest BCUT2D eigenvalue weighted by Crippen LogP contribution is 2.14. The van der Waals surface area contributed by atoms with Crippen LogP contribution >= 0.6 is 0 Å². The Morgan fingerprint density at radius 3 is 2.44 bits per heavy atom. The SMILES string of the molecule is CCCC(CCCc1ccc([N+](=O)[O-])cc1)NC. The number of nitrogens with one attached hydrogen (secondary N) is 1. The maximum Gasteiger partial charge on any atom is 0.269 e. The van der Waals surface area contributed by atoms with Gasteiger partial charge in [0.25, 0.3) is 5.69 Å². The first-order valence-electron chi connectivity index (χ1n) is 6.58. The van der Waals surface area contributed by atoms with Crippen LogP contribution in [0.2, 0.25) is 0 Å². The van der Waals surface area contributed by atoms with E-state index >= 15 is 0 Å². The molecular formula is C14H22N2O2. The fraction of sp³-hybridized carbons (Fsp3) is 0.571. The molecule has 1 aromatic carbocycles. The molecule has 4 heteroatoms. The van der Waals surface area contributed by atoms with Crippen molar-refractivity contribution in [2.45, 2.75) is 45.1 Å². The zero-order valence-electron chi connectivity index (χ0n) is 11.2. The van der Waals surface area contributed by atoms with Crippen molar-refractivity contribution in [3.63, 3.8) is 0 Å². The van der Waals surface area contributed by atoms with Crippen molar-refractivity contribution in [1.29, 1.82) is 0 Å². The summed E-state index contributed by atoms with van der Waals surface area (Å²) in [4.78, 5) is 10.2. The summed E-state index contributed by atoms with van der Waals surface area (Å²) in [7, 11) is 2.01. The number of hydrogen-bond donors (Lipinski definition) is 1. The van der Waals surface area contributed by atoms with Crippen LogP contribution in [0.1, 0.15) is 38.2 Å². The average Bonchev–Trinajstić information content (AvgIpc) is 2.38. The number of nitro groups is 1. The van der Waals surface area contributed by atoms with Gasteiger partial charge in [0.15, 0.2) is 0 Å². The van der Waals surface area contributed by atoms with E-state index in [1.165, 1.54) is 18.4 Å². The Bertz CT molecular complexity index is 363. The van der Waals surface area contributed by atoms with Crippen LogP contribution in [0.3, 0.4) is 0 Å². The molecule has 0 spiro atoms. The molecule has 1 atom stereocenters. The zero-order chi connectivity index (χ0) is 13.4. The Balaban J connectivity index is 2.37. The van der Waals surface area contributed by atoms with Crippen molar-refractivity contribution in [2.24, 2.45) is 0 Å². The Hall–Kier alpha value is -1.42. The Morgan fingerprint density at radius 2 is 1.94 bits per heavy atom. The lowest BCUT2D eigenvalue weighted by Crippen LogP contribution is -2.24. The van der Waals surface area contributed by atoms with Gasteiger partial charge in [0.2, 0.25) is 0 Å². The third-order valence-electron chi connectivity index (χ3n) is 3.21. The van der Waals surface area contributed by atoms with Crippen molar-refractivity contribution < 1.29 is 4.92 Å². The second-order valence-electron chi connectivity index (χ2n) is 4.59. The quantitative estimate of drug-likeness (QED) is 0.569. The van der Waals surface area contributed by atoms with Crippen LogP contribution in [0.15, 0.2) is 24.3 Å². The Labute approximate surface area is 109 Å². The first-order chi connectivity index (χ1) is 8.67. The Kier molecular flexibility index (Phi) is 6.36. The van der Waals surface area contributed by atoms with Gasteiger partial charge >= 0.3 is 0 Å². The normalized spacial score (nSPS) is 12.3. The minimum atomic E-state index is -0.359. The van der Waals surface area contributed by atoms with Gasteiger partial charge in [0.05, 0.1) is 4.92 Å². The molecule has 0 bridgehead atoms. The number of hydrogen-bond acceptors (Lipinski definition) is 3. The second-order valence-corrected chi connectivity index (χ2v) is 4.59. The van der Waals surface area contributed by atoms with Gasteiger partial charge in [-0.25, -0.2) is 0 Å². The Morgan fingerprint density at radius 1 is 1.28 bits per heavy atom. The van der Waals surface area contributed by atoms with Gasteiger partial charge in [0.1, 0.15) is 0 Å². The van der Waals surface area contributed by atoms with Crippen LogP contribution in [0.4, 0.5) is 5.69 Å². The van der Waals surface area contributed by atoms with Crippen molar-refractivity contribution in [3.05, 3.63) is 39.9 Å². The number of non-ortho nitro benzene ring substituents is 1. The molecular weight excluding hydrogens is 228 g/mol. The first-order valence-corrected chi connectivity index (χ1v) is 6.58. The van der Waals surface area contributed by atoms with E-state index in [1.807, 2.05) is 19.2 Å². The molecule has 1 rings (SSSR count). The van der Waals surface area contributed by atoms with Crippen LogP contribution in [0.25, 0.3) is 0 Å². The lowest BCUT2D eigenvalue weighted by Gasteiger charge is -2.14. The summed E-state index contributed by atoms with van der Waals surface area (Å²) in [6.45, 7) is 2.20.